The standard InChI is InChI=1S/C19H29N5/c1-13(2)10-24(11-14(3)4)19-17(20)18(21-12-22-19)23-16-9-7-6-8-15(16)5/h6-9,12-14H,10-11,20H2,1-5H3,(H,21,22,23). The summed E-state index contributed by atoms with van der Waals surface area (Å²) in [6, 6.07) is 8.10. The Balaban J connectivity index is 2.33. The first-order valence-corrected chi connectivity index (χ1v) is 8.56. The van der Waals surface area contributed by atoms with E-state index >= 15 is 0 Å². The van der Waals surface area contributed by atoms with Gasteiger partial charge in [-0.3, -0.25) is 0 Å². The largest absolute Gasteiger partial charge is 0.393 e. The fourth-order valence-corrected chi connectivity index (χ4v) is 2.71. The Hall–Kier alpha value is -2.30. The summed E-state index contributed by atoms with van der Waals surface area (Å²) in [5, 5.41) is 3.34. The number of aromatic nitrogens is 2. The highest BCUT2D eigenvalue weighted by Gasteiger charge is 2.17. The summed E-state index contributed by atoms with van der Waals surface area (Å²) in [7, 11) is 0. The number of nitrogen functional groups attached to an aromatic ring is 1. The topological polar surface area (TPSA) is 67.1 Å². The highest BCUT2D eigenvalue weighted by Crippen LogP contribution is 2.30. The lowest BCUT2D eigenvalue weighted by molar-refractivity contribution is 0.549. The predicted molar refractivity (Wildman–Crippen MR) is 103 cm³/mol. The van der Waals surface area contributed by atoms with Gasteiger partial charge in [0.1, 0.15) is 12.0 Å². The third-order valence-corrected chi connectivity index (χ3v) is 3.73. The number of nitrogens with zero attached hydrogens (tertiary/aromatic N) is 3. The van der Waals surface area contributed by atoms with Crippen molar-refractivity contribution in [2.24, 2.45) is 11.8 Å². The van der Waals surface area contributed by atoms with E-state index in [9.17, 15) is 0 Å². The molecule has 24 heavy (non-hydrogen) atoms. The molecule has 0 aliphatic carbocycles. The molecular weight excluding hydrogens is 298 g/mol. The number of hydrogen-bond donors (Lipinski definition) is 2. The molecule has 0 aliphatic rings. The second-order valence-electron chi connectivity index (χ2n) is 7.09. The summed E-state index contributed by atoms with van der Waals surface area (Å²) in [6.07, 6.45) is 1.58. The molecule has 2 rings (SSSR count). The summed E-state index contributed by atoms with van der Waals surface area (Å²) in [5.74, 6) is 2.53. The lowest BCUT2D eigenvalue weighted by atomic mass is 10.1. The quantitative estimate of drug-likeness (QED) is 0.796. The van der Waals surface area contributed by atoms with Gasteiger partial charge in [0.15, 0.2) is 11.6 Å². The molecule has 3 N–H and O–H groups in total. The van der Waals surface area contributed by atoms with Crippen LogP contribution >= 0.6 is 0 Å². The first kappa shape index (κ1) is 18.0. The van der Waals surface area contributed by atoms with Crippen molar-refractivity contribution < 1.29 is 0 Å². The number of aryl methyl sites for hydroxylation is 1. The minimum Gasteiger partial charge on any atom is -0.393 e. The molecule has 0 saturated heterocycles. The highest BCUT2D eigenvalue weighted by atomic mass is 15.2. The number of rotatable bonds is 7. The zero-order valence-electron chi connectivity index (χ0n) is 15.4. The van der Waals surface area contributed by atoms with Gasteiger partial charge in [-0.05, 0) is 30.4 Å². The summed E-state index contributed by atoms with van der Waals surface area (Å²) in [5.41, 5.74) is 9.16. The van der Waals surface area contributed by atoms with Gasteiger partial charge in [0, 0.05) is 18.8 Å². The van der Waals surface area contributed by atoms with Crippen LogP contribution in [0.4, 0.5) is 23.0 Å². The number of para-hydroxylation sites is 1. The molecule has 0 aliphatic heterocycles. The zero-order chi connectivity index (χ0) is 17.7. The van der Waals surface area contributed by atoms with E-state index in [1.165, 1.54) is 0 Å². The van der Waals surface area contributed by atoms with Crippen LogP contribution in [0.2, 0.25) is 0 Å². The number of hydrogen-bond acceptors (Lipinski definition) is 5. The van der Waals surface area contributed by atoms with Gasteiger partial charge < -0.3 is 16.0 Å². The summed E-state index contributed by atoms with van der Waals surface area (Å²) in [6.45, 7) is 12.7. The Morgan fingerprint density at radius 3 is 2.25 bits per heavy atom. The Kier molecular flexibility index (Phi) is 6.01. The van der Waals surface area contributed by atoms with E-state index in [1.54, 1.807) is 6.33 Å². The van der Waals surface area contributed by atoms with E-state index in [4.69, 9.17) is 5.73 Å². The molecule has 0 bridgehead atoms. The van der Waals surface area contributed by atoms with Crippen LogP contribution in [0, 0.1) is 18.8 Å². The van der Waals surface area contributed by atoms with Crippen molar-refractivity contribution in [3.05, 3.63) is 36.2 Å². The maximum absolute atomic E-state index is 6.40. The van der Waals surface area contributed by atoms with Crippen molar-refractivity contribution in [1.82, 2.24) is 9.97 Å². The number of nitrogens with two attached hydrogens (primary N) is 1. The molecule has 5 nitrogen and oxygen atoms in total. The second kappa shape index (κ2) is 7.99. The minimum atomic E-state index is 0.533. The van der Waals surface area contributed by atoms with Crippen molar-refractivity contribution in [2.45, 2.75) is 34.6 Å². The molecule has 0 amide bonds. The van der Waals surface area contributed by atoms with Gasteiger partial charge in [-0.25, -0.2) is 9.97 Å². The Labute approximate surface area is 145 Å². The zero-order valence-corrected chi connectivity index (χ0v) is 15.4. The molecule has 0 spiro atoms. The van der Waals surface area contributed by atoms with Gasteiger partial charge >= 0.3 is 0 Å². The van der Waals surface area contributed by atoms with Gasteiger partial charge in [0.2, 0.25) is 0 Å². The van der Waals surface area contributed by atoms with Crippen LogP contribution in [0.5, 0.6) is 0 Å². The third kappa shape index (κ3) is 4.60. The third-order valence-electron chi connectivity index (χ3n) is 3.73. The average molecular weight is 327 g/mol. The molecule has 0 saturated carbocycles. The van der Waals surface area contributed by atoms with Crippen molar-refractivity contribution >= 4 is 23.0 Å². The SMILES string of the molecule is Cc1ccccc1Nc1ncnc(N(CC(C)C)CC(C)C)c1N. The van der Waals surface area contributed by atoms with E-state index in [-0.39, 0.29) is 0 Å². The molecule has 2 aromatic rings. The molecule has 1 heterocycles. The van der Waals surface area contributed by atoms with Crippen LogP contribution < -0.4 is 16.0 Å². The lowest BCUT2D eigenvalue weighted by Gasteiger charge is -2.28. The summed E-state index contributed by atoms with van der Waals surface area (Å²) < 4.78 is 0. The average Bonchev–Trinajstić information content (AvgIpc) is 2.50. The normalized spacial score (nSPS) is 11.1. The molecule has 0 atom stereocenters. The monoisotopic (exact) mass is 327 g/mol. The van der Waals surface area contributed by atoms with Gasteiger partial charge in [-0.1, -0.05) is 45.9 Å². The minimum absolute atomic E-state index is 0.533. The predicted octanol–water partition coefficient (Wildman–Crippen LogP) is 4.23. The van der Waals surface area contributed by atoms with Crippen LogP contribution in [-0.2, 0) is 0 Å². The van der Waals surface area contributed by atoms with Crippen molar-refractivity contribution in [3.8, 4) is 0 Å². The molecule has 5 heteroatoms. The van der Waals surface area contributed by atoms with Gasteiger partial charge in [-0.15, -0.1) is 0 Å². The molecule has 1 aromatic heterocycles. The summed E-state index contributed by atoms with van der Waals surface area (Å²) >= 11 is 0. The van der Waals surface area contributed by atoms with Crippen molar-refractivity contribution in [2.75, 3.05) is 29.0 Å². The van der Waals surface area contributed by atoms with Crippen molar-refractivity contribution in [3.63, 3.8) is 0 Å². The Morgan fingerprint density at radius 1 is 1.04 bits per heavy atom. The fraction of sp³-hybridized carbons (Fsp3) is 0.474. The van der Waals surface area contributed by atoms with E-state index in [0.29, 0.717) is 23.3 Å². The molecule has 0 fully saturated rings. The lowest BCUT2D eigenvalue weighted by Crippen LogP contribution is -2.32. The first-order chi connectivity index (χ1) is 11.4. The molecule has 130 valence electrons. The number of benzene rings is 1. The van der Waals surface area contributed by atoms with E-state index in [2.05, 4.69) is 60.9 Å². The Morgan fingerprint density at radius 2 is 1.67 bits per heavy atom. The maximum atomic E-state index is 6.40. The van der Waals surface area contributed by atoms with Crippen LogP contribution in [0.25, 0.3) is 0 Å². The molecule has 1 aromatic carbocycles. The first-order valence-electron chi connectivity index (χ1n) is 8.56. The van der Waals surface area contributed by atoms with Gasteiger partial charge in [0.25, 0.3) is 0 Å². The number of anilines is 4. The van der Waals surface area contributed by atoms with E-state index in [1.807, 2.05) is 18.2 Å². The van der Waals surface area contributed by atoms with E-state index in [0.717, 1.165) is 30.2 Å². The Bertz CT molecular complexity index is 657. The molecular formula is C19H29N5. The van der Waals surface area contributed by atoms with Gasteiger partial charge in [0.05, 0.1) is 0 Å². The van der Waals surface area contributed by atoms with Crippen LogP contribution in [0.1, 0.15) is 33.3 Å². The molecule has 0 unspecified atom stereocenters. The van der Waals surface area contributed by atoms with Crippen LogP contribution in [0.3, 0.4) is 0 Å². The van der Waals surface area contributed by atoms with Crippen molar-refractivity contribution in [1.29, 1.82) is 0 Å². The van der Waals surface area contributed by atoms with E-state index < -0.39 is 0 Å². The van der Waals surface area contributed by atoms with Crippen LogP contribution in [-0.4, -0.2) is 23.1 Å². The van der Waals surface area contributed by atoms with Crippen LogP contribution in [0.15, 0.2) is 30.6 Å². The fourth-order valence-electron chi connectivity index (χ4n) is 2.71. The van der Waals surface area contributed by atoms with Gasteiger partial charge in [-0.2, -0.15) is 0 Å². The number of nitrogens with one attached hydrogen (secondary N) is 1. The smallest absolute Gasteiger partial charge is 0.159 e. The summed E-state index contributed by atoms with van der Waals surface area (Å²) in [4.78, 5) is 11.1. The second-order valence-corrected chi connectivity index (χ2v) is 7.09. The highest BCUT2D eigenvalue weighted by molar-refractivity contribution is 5.78. The maximum Gasteiger partial charge on any atom is 0.159 e. The molecule has 0 radical (unpaired) electrons.